The van der Waals surface area contributed by atoms with Crippen LogP contribution in [0, 0.1) is 0 Å². The highest BCUT2D eigenvalue weighted by atomic mass is 32.2. The van der Waals surface area contributed by atoms with E-state index in [-0.39, 0.29) is 5.84 Å². The summed E-state index contributed by atoms with van der Waals surface area (Å²) in [7, 11) is 0. The first-order chi connectivity index (χ1) is 10.3. The fourth-order valence-electron chi connectivity index (χ4n) is 2.36. The van der Waals surface area contributed by atoms with E-state index in [1.165, 1.54) is 30.8 Å². The molecule has 0 saturated heterocycles. The van der Waals surface area contributed by atoms with Crippen molar-refractivity contribution in [3.63, 3.8) is 0 Å². The maximum atomic E-state index is 8.83. The van der Waals surface area contributed by atoms with Gasteiger partial charge in [0.2, 0.25) is 5.16 Å². The molecule has 9 nitrogen and oxygen atoms in total. The number of nitrogens with zero attached hydrogens (tertiary/aromatic N) is 7. The van der Waals surface area contributed by atoms with Gasteiger partial charge in [0.15, 0.2) is 5.84 Å². The monoisotopic (exact) mass is 306 g/mol. The summed E-state index contributed by atoms with van der Waals surface area (Å²) in [5.74, 6) is -0.0210. The van der Waals surface area contributed by atoms with Crippen LogP contribution in [0.15, 0.2) is 27.6 Å². The molecule has 2 aromatic heterocycles. The van der Waals surface area contributed by atoms with Gasteiger partial charge in [0.25, 0.3) is 0 Å². The minimum Gasteiger partial charge on any atom is -0.409 e. The Morgan fingerprint density at radius 3 is 2.95 bits per heavy atom. The predicted molar refractivity (Wildman–Crippen MR) is 74.0 cm³/mol. The summed E-state index contributed by atoms with van der Waals surface area (Å²) in [6.07, 6.45) is 6.01. The van der Waals surface area contributed by atoms with E-state index in [9.17, 15) is 0 Å². The molecule has 110 valence electrons. The minimum atomic E-state index is -0.0210. The number of aromatic nitrogens is 6. The lowest BCUT2D eigenvalue weighted by atomic mass is 10.3. The van der Waals surface area contributed by atoms with Crippen molar-refractivity contribution in [2.24, 2.45) is 10.9 Å². The van der Waals surface area contributed by atoms with Crippen LogP contribution in [-0.2, 0) is 0 Å². The first kappa shape index (κ1) is 13.7. The number of hydrogen-bond donors (Lipinski definition) is 2. The molecule has 0 atom stereocenters. The number of rotatable bonds is 4. The minimum absolute atomic E-state index is 0.0210. The Labute approximate surface area is 124 Å². The predicted octanol–water partition coefficient (Wildman–Crippen LogP) is 0.824. The lowest BCUT2D eigenvalue weighted by Crippen LogP contribution is -2.15. The molecule has 3 N–H and O–H groups in total. The van der Waals surface area contributed by atoms with Crippen molar-refractivity contribution in [2.45, 2.75) is 41.9 Å². The highest BCUT2D eigenvalue weighted by Crippen LogP contribution is 2.33. The highest BCUT2D eigenvalue weighted by Gasteiger charge is 2.23. The van der Waals surface area contributed by atoms with Crippen molar-refractivity contribution in [1.29, 1.82) is 0 Å². The molecule has 3 rings (SSSR count). The largest absolute Gasteiger partial charge is 0.409 e. The molecule has 1 aliphatic carbocycles. The SMILES string of the molecule is N/C(=N/O)c1ccnnc1Sc1nnnn1C1CCCC1. The Bertz CT molecular complexity index is 651. The van der Waals surface area contributed by atoms with Gasteiger partial charge < -0.3 is 10.9 Å². The first-order valence-electron chi connectivity index (χ1n) is 6.55. The average Bonchev–Trinajstić information content (AvgIpc) is 3.17. The topological polar surface area (TPSA) is 128 Å². The standard InChI is InChI=1S/C11H14N8OS/c12-9(16-20)8-5-6-13-14-10(8)21-11-15-17-18-19(11)7-3-1-2-4-7/h5-7,20H,1-4H2,(H2,12,16). The molecule has 2 aromatic rings. The molecule has 2 heterocycles. The van der Waals surface area contributed by atoms with Gasteiger partial charge >= 0.3 is 0 Å². The third kappa shape index (κ3) is 2.79. The molecule has 1 fully saturated rings. The van der Waals surface area contributed by atoms with E-state index < -0.39 is 0 Å². The Balaban J connectivity index is 1.89. The third-order valence-electron chi connectivity index (χ3n) is 3.39. The number of amidine groups is 1. The van der Waals surface area contributed by atoms with Gasteiger partial charge in [0, 0.05) is 0 Å². The Hall–Kier alpha value is -2.23. The van der Waals surface area contributed by atoms with Gasteiger partial charge in [-0.2, -0.15) is 5.10 Å². The van der Waals surface area contributed by atoms with Crippen LogP contribution >= 0.6 is 11.8 Å². The highest BCUT2D eigenvalue weighted by molar-refractivity contribution is 7.99. The fraction of sp³-hybridized carbons (Fsp3) is 0.455. The molecular formula is C11H14N8OS. The second-order valence-electron chi connectivity index (χ2n) is 4.68. The third-order valence-corrected chi connectivity index (χ3v) is 4.34. The van der Waals surface area contributed by atoms with Gasteiger partial charge in [0.1, 0.15) is 5.03 Å². The summed E-state index contributed by atoms with van der Waals surface area (Å²) >= 11 is 1.26. The molecule has 1 saturated carbocycles. The lowest BCUT2D eigenvalue weighted by Gasteiger charge is -2.11. The van der Waals surface area contributed by atoms with Crippen molar-refractivity contribution in [1.82, 2.24) is 30.4 Å². The molecule has 10 heteroatoms. The van der Waals surface area contributed by atoms with E-state index in [1.807, 2.05) is 4.68 Å². The molecule has 0 spiro atoms. The van der Waals surface area contributed by atoms with Gasteiger partial charge in [-0.3, -0.25) is 0 Å². The number of nitrogens with two attached hydrogens (primary N) is 1. The van der Waals surface area contributed by atoms with E-state index in [0.29, 0.717) is 21.8 Å². The van der Waals surface area contributed by atoms with Crippen LogP contribution in [0.2, 0.25) is 0 Å². The van der Waals surface area contributed by atoms with Crippen molar-refractivity contribution in [3.8, 4) is 0 Å². The summed E-state index contributed by atoms with van der Waals surface area (Å²) in [6, 6.07) is 1.96. The average molecular weight is 306 g/mol. The zero-order valence-electron chi connectivity index (χ0n) is 11.1. The van der Waals surface area contributed by atoms with Gasteiger partial charge in [-0.25, -0.2) is 4.68 Å². The van der Waals surface area contributed by atoms with Crippen LogP contribution in [0.5, 0.6) is 0 Å². The number of hydrogen-bond acceptors (Lipinski definition) is 8. The van der Waals surface area contributed by atoms with Crippen molar-refractivity contribution >= 4 is 17.6 Å². The van der Waals surface area contributed by atoms with E-state index in [0.717, 1.165) is 12.8 Å². The van der Waals surface area contributed by atoms with Crippen molar-refractivity contribution in [2.75, 3.05) is 0 Å². The van der Waals surface area contributed by atoms with E-state index in [1.54, 1.807) is 6.07 Å². The van der Waals surface area contributed by atoms with Crippen LogP contribution in [0.25, 0.3) is 0 Å². The van der Waals surface area contributed by atoms with Gasteiger partial charge in [-0.15, -0.1) is 10.2 Å². The summed E-state index contributed by atoms with van der Waals surface area (Å²) in [6.45, 7) is 0. The zero-order chi connectivity index (χ0) is 14.7. The molecule has 0 aromatic carbocycles. The molecule has 0 radical (unpaired) electrons. The molecule has 1 aliphatic rings. The van der Waals surface area contributed by atoms with E-state index >= 15 is 0 Å². The fourth-order valence-corrected chi connectivity index (χ4v) is 3.26. The van der Waals surface area contributed by atoms with E-state index in [2.05, 4.69) is 30.9 Å². The summed E-state index contributed by atoms with van der Waals surface area (Å²) in [4.78, 5) is 0. The molecule has 0 amide bonds. The maximum Gasteiger partial charge on any atom is 0.215 e. The molecular weight excluding hydrogens is 292 g/mol. The van der Waals surface area contributed by atoms with Crippen molar-refractivity contribution in [3.05, 3.63) is 17.8 Å². The normalized spacial score (nSPS) is 16.5. The quantitative estimate of drug-likeness (QED) is 0.368. The molecule has 0 aliphatic heterocycles. The van der Waals surface area contributed by atoms with Gasteiger partial charge in [-0.05, 0) is 41.1 Å². The first-order valence-corrected chi connectivity index (χ1v) is 7.36. The molecule has 0 unspecified atom stereocenters. The number of tetrazole rings is 1. The van der Waals surface area contributed by atoms with Crippen LogP contribution in [0.4, 0.5) is 0 Å². The Morgan fingerprint density at radius 1 is 1.38 bits per heavy atom. The number of oxime groups is 1. The summed E-state index contributed by atoms with van der Waals surface area (Å²) < 4.78 is 1.82. The van der Waals surface area contributed by atoms with Crippen LogP contribution < -0.4 is 5.73 Å². The zero-order valence-corrected chi connectivity index (χ0v) is 11.9. The molecule has 21 heavy (non-hydrogen) atoms. The van der Waals surface area contributed by atoms with Gasteiger partial charge in [0.05, 0.1) is 17.8 Å². The summed E-state index contributed by atoms with van der Waals surface area (Å²) in [5, 5.41) is 32.7. The smallest absolute Gasteiger partial charge is 0.215 e. The second kappa shape index (κ2) is 6.04. The van der Waals surface area contributed by atoms with Crippen LogP contribution in [0.3, 0.4) is 0 Å². The second-order valence-corrected chi connectivity index (χ2v) is 5.64. The summed E-state index contributed by atoms with van der Waals surface area (Å²) in [5.41, 5.74) is 6.14. The van der Waals surface area contributed by atoms with Crippen LogP contribution in [0.1, 0.15) is 37.3 Å². The Kier molecular flexibility index (Phi) is 3.95. The van der Waals surface area contributed by atoms with Crippen molar-refractivity contribution < 1.29 is 5.21 Å². The maximum absolute atomic E-state index is 8.83. The molecule has 0 bridgehead atoms. The van der Waals surface area contributed by atoms with Gasteiger partial charge in [-0.1, -0.05) is 18.0 Å². The lowest BCUT2D eigenvalue weighted by molar-refractivity contribution is 0.318. The van der Waals surface area contributed by atoms with Crippen LogP contribution in [-0.4, -0.2) is 41.4 Å². The Morgan fingerprint density at radius 2 is 2.19 bits per heavy atom. The van der Waals surface area contributed by atoms with E-state index in [4.69, 9.17) is 10.9 Å².